The molecule has 2 amide bonds. The monoisotopic (exact) mass is 252 g/mol. The van der Waals surface area contributed by atoms with Gasteiger partial charge < -0.3 is 14.8 Å². The molecule has 0 bridgehead atoms. The Bertz CT molecular complexity index is 181. The zero-order chi connectivity index (χ0) is 8.78. The summed E-state index contributed by atoms with van der Waals surface area (Å²) in [5, 5.41) is 0. The van der Waals surface area contributed by atoms with Crippen LogP contribution in [0, 0.1) is 0 Å². The van der Waals surface area contributed by atoms with E-state index in [0.717, 1.165) is 0 Å². The molecule has 10 heteroatoms. The molecule has 0 atom stereocenters. The standard InChI is InChI=1S/CH4N2OS.H2O4S.Zn/c2-1(4)3-5;1-5(2,3)4;/h5H,(H3,2,3,4);(H2,1,2,3,4);/q;;+2/p-2. The van der Waals surface area contributed by atoms with Crippen LogP contribution in [-0.2, 0) is 29.9 Å². The third-order valence-electron chi connectivity index (χ3n) is 0.110. The molecule has 0 spiro atoms. The summed E-state index contributed by atoms with van der Waals surface area (Å²) < 4.78 is 35.9. The van der Waals surface area contributed by atoms with Crippen molar-refractivity contribution in [2.75, 3.05) is 0 Å². The number of nitrogens with two attached hydrogens (primary N) is 1. The van der Waals surface area contributed by atoms with Gasteiger partial charge in [-0.05, 0) is 0 Å². The number of rotatable bonds is 0. The zero-order valence-corrected chi connectivity index (χ0v) is 9.86. The fraction of sp³-hybridized carbons (Fsp3) is 0. The summed E-state index contributed by atoms with van der Waals surface area (Å²) in [6.45, 7) is 0. The number of hydrogen-bond acceptors (Lipinski definition) is 6. The molecule has 0 unspecified atom stereocenters. The molecular formula is CH4N2O5S2Zn. The molecule has 0 radical (unpaired) electrons. The van der Waals surface area contributed by atoms with E-state index >= 15 is 0 Å². The van der Waals surface area contributed by atoms with Crippen LogP contribution in [-0.4, -0.2) is 23.6 Å². The van der Waals surface area contributed by atoms with Gasteiger partial charge >= 0.3 is 25.5 Å². The average Bonchev–Trinajstić information content (AvgIpc) is 1.61. The smallest absolute Gasteiger partial charge is 0.759 e. The van der Waals surface area contributed by atoms with Crippen LogP contribution in [0.25, 0.3) is 0 Å². The predicted octanol–water partition coefficient (Wildman–Crippen LogP) is -1.84. The van der Waals surface area contributed by atoms with E-state index in [4.69, 9.17) is 17.5 Å². The normalized spacial score (nSPS) is 8.27. The van der Waals surface area contributed by atoms with E-state index in [9.17, 15) is 4.79 Å². The van der Waals surface area contributed by atoms with Crippen molar-refractivity contribution in [1.29, 1.82) is 0 Å². The molecule has 0 heterocycles. The summed E-state index contributed by atoms with van der Waals surface area (Å²) in [6.07, 6.45) is 0. The molecule has 0 rings (SSSR count). The van der Waals surface area contributed by atoms with Gasteiger partial charge in [0.05, 0.1) is 0 Å². The van der Waals surface area contributed by atoms with Crippen molar-refractivity contribution >= 4 is 29.2 Å². The first kappa shape index (κ1) is 17.3. The van der Waals surface area contributed by atoms with E-state index in [-0.39, 0.29) is 19.5 Å². The fourth-order valence-electron chi connectivity index (χ4n) is 0. The molecule has 0 aliphatic carbocycles. The third-order valence-corrected chi connectivity index (χ3v) is 0.331. The van der Waals surface area contributed by atoms with E-state index < -0.39 is 16.4 Å². The van der Waals surface area contributed by atoms with Gasteiger partial charge in [-0.2, -0.15) is 0 Å². The Labute approximate surface area is 81.6 Å². The second kappa shape index (κ2) is 8.21. The first-order valence-electron chi connectivity index (χ1n) is 1.63. The van der Waals surface area contributed by atoms with E-state index in [1.165, 1.54) is 0 Å². The Kier molecular flexibility index (Phi) is 12.9. The quantitative estimate of drug-likeness (QED) is 0.202. The minimum Gasteiger partial charge on any atom is -0.759 e. The van der Waals surface area contributed by atoms with Gasteiger partial charge in [-0.15, -0.1) is 0 Å². The maximum absolute atomic E-state index is 9.40. The molecule has 0 saturated carbocycles. The summed E-state index contributed by atoms with van der Waals surface area (Å²) in [5.74, 6) is 0. The van der Waals surface area contributed by atoms with Gasteiger partial charge in [0, 0.05) is 10.4 Å². The SMILES string of the molecule is NC(=O)NS.O=S(=O)([O-])[O-].[Zn+2]. The number of nitrogens with one attached hydrogen (secondary N) is 1. The van der Waals surface area contributed by atoms with Gasteiger partial charge in [0.25, 0.3) is 0 Å². The molecule has 62 valence electrons. The van der Waals surface area contributed by atoms with Crippen molar-refractivity contribution < 1.29 is 41.8 Å². The number of urea groups is 1. The number of thiol groups is 1. The summed E-state index contributed by atoms with van der Waals surface area (Å²) in [6, 6.07) is -0.631. The van der Waals surface area contributed by atoms with Gasteiger partial charge in [-0.25, -0.2) is 4.79 Å². The minimum absolute atomic E-state index is 0. The van der Waals surface area contributed by atoms with E-state index in [0.29, 0.717) is 0 Å². The van der Waals surface area contributed by atoms with Crippen LogP contribution in [0.4, 0.5) is 4.79 Å². The molecular weight excluding hydrogens is 250 g/mol. The Morgan fingerprint density at radius 1 is 1.45 bits per heavy atom. The zero-order valence-electron chi connectivity index (χ0n) is 5.18. The van der Waals surface area contributed by atoms with Crippen LogP contribution in [0.3, 0.4) is 0 Å². The maximum Gasteiger partial charge on any atom is 2.00 e. The number of hydrogen-bond donors (Lipinski definition) is 3. The van der Waals surface area contributed by atoms with Gasteiger partial charge in [0.2, 0.25) is 0 Å². The first-order valence-corrected chi connectivity index (χ1v) is 3.41. The molecule has 0 aliphatic rings. The predicted molar refractivity (Wildman–Crippen MR) is 32.2 cm³/mol. The van der Waals surface area contributed by atoms with Crippen LogP contribution in [0.15, 0.2) is 0 Å². The molecule has 7 nitrogen and oxygen atoms in total. The summed E-state index contributed by atoms with van der Waals surface area (Å²) in [7, 11) is -5.17. The van der Waals surface area contributed by atoms with Gasteiger partial charge in [0.1, 0.15) is 0 Å². The second-order valence-electron chi connectivity index (χ2n) is 0.884. The average molecular weight is 254 g/mol. The Balaban J connectivity index is -0.000000107. The number of carbonyl (C=O) groups is 1. The first-order chi connectivity index (χ1) is 4.27. The minimum atomic E-state index is -5.17. The maximum atomic E-state index is 9.40. The van der Waals surface area contributed by atoms with E-state index in [1.54, 1.807) is 0 Å². The van der Waals surface area contributed by atoms with Crippen molar-refractivity contribution in [3.05, 3.63) is 0 Å². The van der Waals surface area contributed by atoms with Crippen molar-refractivity contribution in [2.45, 2.75) is 0 Å². The number of carbonyl (C=O) groups excluding carboxylic acids is 1. The molecule has 0 saturated heterocycles. The van der Waals surface area contributed by atoms with Crippen LogP contribution in [0.2, 0.25) is 0 Å². The summed E-state index contributed by atoms with van der Waals surface area (Å²) >= 11 is 3.29. The molecule has 0 aliphatic heterocycles. The van der Waals surface area contributed by atoms with Crippen LogP contribution in [0.1, 0.15) is 0 Å². The molecule has 11 heavy (non-hydrogen) atoms. The van der Waals surface area contributed by atoms with Crippen LogP contribution >= 0.6 is 12.8 Å². The molecule has 0 aromatic carbocycles. The van der Waals surface area contributed by atoms with Gasteiger partial charge in [0.15, 0.2) is 0 Å². The summed E-state index contributed by atoms with van der Waals surface area (Å²) in [5.41, 5.74) is 4.47. The van der Waals surface area contributed by atoms with Crippen molar-refractivity contribution in [3.8, 4) is 0 Å². The second-order valence-corrected chi connectivity index (χ2v) is 1.92. The Morgan fingerprint density at radius 2 is 1.55 bits per heavy atom. The largest absolute Gasteiger partial charge is 2.00 e. The van der Waals surface area contributed by atoms with Crippen molar-refractivity contribution in [1.82, 2.24) is 4.72 Å². The number of amides is 2. The van der Waals surface area contributed by atoms with Gasteiger partial charge in [-0.1, -0.05) is 12.8 Å². The Morgan fingerprint density at radius 3 is 1.55 bits per heavy atom. The van der Waals surface area contributed by atoms with Crippen molar-refractivity contribution in [2.24, 2.45) is 5.73 Å². The Hall–Kier alpha value is 0.113. The molecule has 0 aromatic rings. The molecule has 0 fully saturated rings. The molecule has 3 N–H and O–H groups in total. The van der Waals surface area contributed by atoms with Gasteiger partial charge in [-0.3, -0.25) is 13.1 Å². The van der Waals surface area contributed by atoms with E-state index in [2.05, 4.69) is 18.5 Å². The number of primary amides is 1. The van der Waals surface area contributed by atoms with E-state index in [1.807, 2.05) is 4.72 Å². The van der Waals surface area contributed by atoms with Crippen molar-refractivity contribution in [3.63, 3.8) is 0 Å². The molecule has 0 aromatic heterocycles. The van der Waals surface area contributed by atoms with Crippen LogP contribution in [0.5, 0.6) is 0 Å². The third kappa shape index (κ3) is 149. The van der Waals surface area contributed by atoms with Crippen LogP contribution < -0.4 is 10.5 Å². The fourth-order valence-corrected chi connectivity index (χ4v) is 0. The summed E-state index contributed by atoms with van der Waals surface area (Å²) in [4.78, 5) is 9.40. The topological polar surface area (TPSA) is 135 Å².